The SMILES string of the molecule is CC(=O)OC[C@@]12C(=O)[C@@H]3[C@H]4OC=C[C@]45CC[C@](C)([C@H]1[C@@H](O)CC[C@]21CO1)[C@]35C. The molecular formula is C22H28O6. The summed E-state index contributed by atoms with van der Waals surface area (Å²) in [5, 5.41) is 11.3. The summed E-state index contributed by atoms with van der Waals surface area (Å²) in [6.45, 7) is 6.35. The standard InChI is InChI=1S/C22H28O6/c1-12(23)27-11-22-15(13(24)4-5-21(22)10-28-21)18(2)6-7-20-8-9-26-17(20)14(16(22)25)19(18,20)3/h8-9,13-15,17,24H,4-7,10-11H2,1-3H3/t13-,14+,15+,17+,18+,19-,20+,21-,22-/m0/s1. The number of fused-ring (bicyclic) bond motifs is 4. The van der Waals surface area contributed by atoms with Gasteiger partial charge in [-0.1, -0.05) is 13.8 Å². The Bertz CT molecular complexity index is 831. The summed E-state index contributed by atoms with van der Waals surface area (Å²) in [5.74, 6) is -0.850. The summed E-state index contributed by atoms with van der Waals surface area (Å²) in [7, 11) is 0. The minimum atomic E-state index is -0.988. The van der Waals surface area contributed by atoms with Gasteiger partial charge in [0, 0.05) is 18.3 Å². The highest BCUT2D eigenvalue weighted by molar-refractivity contribution is 5.94. The van der Waals surface area contributed by atoms with E-state index < -0.39 is 23.1 Å². The molecule has 6 rings (SSSR count). The van der Waals surface area contributed by atoms with E-state index in [2.05, 4.69) is 19.9 Å². The number of hydrogen-bond acceptors (Lipinski definition) is 6. The number of carbonyl (C=O) groups excluding carboxylic acids is 2. The highest BCUT2D eigenvalue weighted by Crippen LogP contribution is 2.86. The maximum atomic E-state index is 14.3. The molecule has 9 atom stereocenters. The normalized spacial score (nSPS) is 59.8. The van der Waals surface area contributed by atoms with E-state index in [1.165, 1.54) is 6.92 Å². The van der Waals surface area contributed by atoms with E-state index in [9.17, 15) is 14.7 Å². The quantitative estimate of drug-likeness (QED) is 0.575. The highest BCUT2D eigenvalue weighted by atomic mass is 16.6. The number of epoxide rings is 1. The molecule has 4 saturated carbocycles. The lowest BCUT2D eigenvalue weighted by molar-refractivity contribution is -0.289. The van der Waals surface area contributed by atoms with Gasteiger partial charge < -0.3 is 19.3 Å². The van der Waals surface area contributed by atoms with Gasteiger partial charge in [-0.15, -0.1) is 0 Å². The second kappa shape index (κ2) is 4.67. The topological polar surface area (TPSA) is 85.4 Å². The van der Waals surface area contributed by atoms with Crippen molar-refractivity contribution >= 4 is 11.8 Å². The molecule has 2 aliphatic heterocycles. The van der Waals surface area contributed by atoms with Crippen molar-refractivity contribution in [2.24, 2.45) is 33.5 Å². The lowest BCUT2D eigenvalue weighted by atomic mass is 9.28. The van der Waals surface area contributed by atoms with Gasteiger partial charge in [0.05, 0.1) is 24.9 Å². The van der Waals surface area contributed by atoms with Crippen LogP contribution in [0.1, 0.15) is 46.5 Å². The molecule has 4 aliphatic carbocycles. The molecule has 0 aromatic rings. The number of carbonyl (C=O) groups is 2. The summed E-state index contributed by atoms with van der Waals surface area (Å²) < 4.78 is 17.5. The van der Waals surface area contributed by atoms with Gasteiger partial charge in [0.2, 0.25) is 0 Å². The molecule has 0 unspecified atom stereocenters. The Labute approximate surface area is 164 Å². The van der Waals surface area contributed by atoms with Crippen LogP contribution in [0.15, 0.2) is 12.3 Å². The average molecular weight is 388 g/mol. The molecule has 28 heavy (non-hydrogen) atoms. The summed E-state index contributed by atoms with van der Waals surface area (Å²) in [5.41, 5.74) is -2.23. The summed E-state index contributed by atoms with van der Waals surface area (Å²) in [6, 6.07) is 0. The lowest BCUT2D eigenvalue weighted by Gasteiger charge is -2.74. The molecule has 0 radical (unpaired) electrons. The van der Waals surface area contributed by atoms with Gasteiger partial charge >= 0.3 is 5.97 Å². The van der Waals surface area contributed by atoms with Crippen molar-refractivity contribution in [3.63, 3.8) is 0 Å². The van der Waals surface area contributed by atoms with Crippen molar-refractivity contribution in [1.82, 2.24) is 0 Å². The molecule has 0 bridgehead atoms. The van der Waals surface area contributed by atoms with Crippen LogP contribution in [0.5, 0.6) is 0 Å². The molecule has 0 amide bonds. The number of ketones is 1. The molecule has 6 heteroatoms. The van der Waals surface area contributed by atoms with Crippen LogP contribution in [0.2, 0.25) is 0 Å². The van der Waals surface area contributed by atoms with Crippen LogP contribution >= 0.6 is 0 Å². The highest BCUT2D eigenvalue weighted by Gasteiger charge is 2.90. The third-order valence-electron chi connectivity index (χ3n) is 10.2. The fourth-order valence-corrected chi connectivity index (χ4v) is 8.78. The predicted octanol–water partition coefficient (Wildman–Crippen LogP) is 1.99. The monoisotopic (exact) mass is 388 g/mol. The van der Waals surface area contributed by atoms with Crippen LogP contribution in [0.3, 0.4) is 0 Å². The zero-order valence-electron chi connectivity index (χ0n) is 16.7. The van der Waals surface area contributed by atoms with E-state index >= 15 is 0 Å². The molecule has 6 nitrogen and oxygen atoms in total. The second-order valence-corrected chi connectivity index (χ2v) is 10.5. The third-order valence-corrected chi connectivity index (χ3v) is 10.2. The van der Waals surface area contributed by atoms with Crippen LogP contribution in [-0.4, -0.2) is 47.9 Å². The van der Waals surface area contributed by atoms with Crippen molar-refractivity contribution in [3.8, 4) is 0 Å². The molecule has 0 aromatic heterocycles. The Hall–Kier alpha value is -1.40. The van der Waals surface area contributed by atoms with E-state index in [1.54, 1.807) is 6.26 Å². The van der Waals surface area contributed by atoms with Crippen LogP contribution in [0.25, 0.3) is 0 Å². The number of Topliss-reactive ketones (excluding diaryl/α,β-unsaturated/α-hetero) is 1. The summed E-state index contributed by atoms with van der Waals surface area (Å²) in [4.78, 5) is 26.0. The van der Waals surface area contributed by atoms with Crippen molar-refractivity contribution in [3.05, 3.63) is 12.3 Å². The van der Waals surface area contributed by atoms with E-state index in [1.807, 2.05) is 0 Å². The van der Waals surface area contributed by atoms with E-state index in [-0.39, 0.29) is 46.6 Å². The summed E-state index contributed by atoms with van der Waals surface area (Å²) in [6.07, 6.45) is 6.35. The molecule has 1 saturated heterocycles. The first-order valence-electron chi connectivity index (χ1n) is 10.5. The Morgan fingerprint density at radius 1 is 1.32 bits per heavy atom. The Balaban J connectivity index is 1.58. The van der Waals surface area contributed by atoms with E-state index in [0.29, 0.717) is 19.4 Å². The smallest absolute Gasteiger partial charge is 0.302 e. The molecule has 2 spiro atoms. The largest absolute Gasteiger partial charge is 0.497 e. The van der Waals surface area contributed by atoms with Gasteiger partial charge in [0.25, 0.3) is 0 Å². The summed E-state index contributed by atoms with van der Waals surface area (Å²) >= 11 is 0. The van der Waals surface area contributed by atoms with Crippen molar-refractivity contribution in [1.29, 1.82) is 0 Å². The zero-order valence-corrected chi connectivity index (χ0v) is 16.7. The van der Waals surface area contributed by atoms with Gasteiger partial charge in [0.1, 0.15) is 23.7 Å². The van der Waals surface area contributed by atoms with Crippen LogP contribution in [-0.2, 0) is 23.8 Å². The first kappa shape index (κ1) is 17.5. The van der Waals surface area contributed by atoms with Gasteiger partial charge in [-0.05, 0) is 42.6 Å². The number of rotatable bonds is 2. The number of aliphatic hydroxyl groups is 1. The first-order valence-corrected chi connectivity index (χ1v) is 10.5. The van der Waals surface area contributed by atoms with Crippen LogP contribution in [0, 0.1) is 33.5 Å². The van der Waals surface area contributed by atoms with Crippen LogP contribution < -0.4 is 0 Å². The Morgan fingerprint density at radius 3 is 2.75 bits per heavy atom. The molecule has 2 heterocycles. The molecular weight excluding hydrogens is 360 g/mol. The minimum Gasteiger partial charge on any atom is -0.497 e. The van der Waals surface area contributed by atoms with Gasteiger partial charge in [-0.25, -0.2) is 0 Å². The van der Waals surface area contributed by atoms with Gasteiger partial charge in [-0.3, -0.25) is 9.59 Å². The molecule has 152 valence electrons. The Morgan fingerprint density at radius 2 is 2.07 bits per heavy atom. The maximum absolute atomic E-state index is 14.3. The fraction of sp³-hybridized carbons (Fsp3) is 0.818. The predicted molar refractivity (Wildman–Crippen MR) is 96.9 cm³/mol. The first-order chi connectivity index (χ1) is 13.2. The lowest BCUT2D eigenvalue weighted by Crippen LogP contribution is -2.81. The number of esters is 1. The molecule has 6 aliphatic rings. The van der Waals surface area contributed by atoms with E-state index in [4.69, 9.17) is 14.2 Å². The van der Waals surface area contributed by atoms with Crippen molar-refractivity contribution in [2.75, 3.05) is 13.2 Å². The minimum absolute atomic E-state index is 0.00177. The fourth-order valence-electron chi connectivity index (χ4n) is 8.78. The number of hydrogen-bond donors (Lipinski definition) is 1. The number of ether oxygens (including phenoxy) is 3. The van der Waals surface area contributed by atoms with Crippen molar-refractivity contribution in [2.45, 2.75) is 64.3 Å². The average Bonchev–Trinajstić information content (AvgIpc) is 3.28. The molecule has 0 aromatic carbocycles. The second-order valence-electron chi connectivity index (χ2n) is 10.5. The Kier molecular flexibility index (Phi) is 2.91. The van der Waals surface area contributed by atoms with Crippen molar-refractivity contribution < 1.29 is 28.9 Å². The van der Waals surface area contributed by atoms with Gasteiger partial charge in [0.15, 0.2) is 5.78 Å². The number of aliphatic hydroxyl groups excluding tert-OH is 1. The van der Waals surface area contributed by atoms with Gasteiger partial charge in [-0.2, -0.15) is 0 Å². The molecule has 5 fully saturated rings. The zero-order chi connectivity index (χ0) is 19.7. The third kappa shape index (κ3) is 1.41. The van der Waals surface area contributed by atoms with E-state index in [0.717, 1.165) is 12.8 Å². The molecule has 1 N–H and O–H groups in total. The maximum Gasteiger partial charge on any atom is 0.302 e. The van der Waals surface area contributed by atoms with Crippen LogP contribution in [0.4, 0.5) is 0 Å².